The van der Waals surface area contributed by atoms with Gasteiger partial charge in [-0.05, 0) is 25.1 Å². The number of carbonyl (C=O) groups excluding carboxylic acids is 1. The number of halogens is 4. The van der Waals surface area contributed by atoms with Crippen molar-refractivity contribution in [3.05, 3.63) is 58.7 Å². The molecule has 0 aliphatic heterocycles. The highest BCUT2D eigenvalue weighted by molar-refractivity contribution is 9.10. The van der Waals surface area contributed by atoms with E-state index >= 15 is 0 Å². The third kappa shape index (κ3) is 4.82. The van der Waals surface area contributed by atoms with Crippen LogP contribution in [0.2, 0.25) is 0 Å². The zero-order valence-electron chi connectivity index (χ0n) is 14.2. The number of ether oxygens (including phenoxy) is 1. The van der Waals surface area contributed by atoms with Gasteiger partial charge in [0.15, 0.2) is 5.82 Å². The molecule has 1 atom stereocenters. The van der Waals surface area contributed by atoms with E-state index in [-0.39, 0.29) is 10.0 Å². The fourth-order valence-electron chi connectivity index (χ4n) is 2.36. The predicted octanol–water partition coefficient (Wildman–Crippen LogP) is 3.21. The molecule has 2 aromatic heterocycles. The van der Waals surface area contributed by atoms with Crippen LogP contribution in [0.3, 0.4) is 0 Å². The molecule has 8 nitrogen and oxygen atoms in total. The summed E-state index contributed by atoms with van der Waals surface area (Å²) < 4.78 is 41.5. The first-order chi connectivity index (χ1) is 13.2. The van der Waals surface area contributed by atoms with Crippen LogP contribution in [-0.2, 0) is 0 Å². The van der Waals surface area contributed by atoms with E-state index in [9.17, 15) is 18.0 Å². The first-order valence-corrected chi connectivity index (χ1v) is 8.57. The summed E-state index contributed by atoms with van der Waals surface area (Å²) in [7, 11) is 0. The van der Waals surface area contributed by atoms with Gasteiger partial charge >= 0.3 is 6.36 Å². The fourth-order valence-corrected chi connectivity index (χ4v) is 2.83. The zero-order chi connectivity index (χ0) is 20.3. The van der Waals surface area contributed by atoms with Crippen molar-refractivity contribution in [3.63, 3.8) is 0 Å². The monoisotopic (exact) mass is 456 g/mol. The molecule has 28 heavy (non-hydrogen) atoms. The normalized spacial score (nSPS) is 12.5. The molecule has 12 heteroatoms. The quantitative estimate of drug-likeness (QED) is 0.633. The molecule has 0 spiro atoms. The Labute approximate surface area is 164 Å². The van der Waals surface area contributed by atoms with E-state index < -0.39 is 24.1 Å². The highest BCUT2D eigenvalue weighted by atomic mass is 79.9. The lowest BCUT2D eigenvalue weighted by molar-refractivity contribution is -0.274. The van der Waals surface area contributed by atoms with Crippen LogP contribution in [0.1, 0.15) is 29.0 Å². The average molecular weight is 457 g/mol. The Kier molecular flexibility index (Phi) is 5.58. The molecule has 146 valence electrons. The summed E-state index contributed by atoms with van der Waals surface area (Å²) in [5, 5.41) is 10.6. The highest BCUT2D eigenvalue weighted by Gasteiger charge is 2.31. The van der Waals surface area contributed by atoms with Crippen LogP contribution in [0.15, 0.2) is 47.5 Å². The van der Waals surface area contributed by atoms with Crippen molar-refractivity contribution >= 4 is 21.8 Å². The number of benzene rings is 1. The van der Waals surface area contributed by atoms with Gasteiger partial charge in [0.25, 0.3) is 5.91 Å². The van der Waals surface area contributed by atoms with Gasteiger partial charge in [-0.1, -0.05) is 15.9 Å². The Morgan fingerprint density at radius 1 is 1.14 bits per heavy atom. The van der Waals surface area contributed by atoms with Gasteiger partial charge in [-0.15, -0.1) is 18.0 Å². The minimum Gasteiger partial charge on any atom is -0.406 e. The lowest BCUT2D eigenvalue weighted by atomic mass is 10.1. The Morgan fingerprint density at radius 3 is 2.50 bits per heavy atom. The minimum atomic E-state index is -4.87. The highest BCUT2D eigenvalue weighted by Crippen LogP contribution is 2.27. The molecule has 0 radical (unpaired) electrons. The number of hydrogen-bond donors (Lipinski definition) is 1. The lowest BCUT2D eigenvalue weighted by Gasteiger charge is -2.16. The Balaban J connectivity index is 1.82. The van der Waals surface area contributed by atoms with Gasteiger partial charge in [-0.3, -0.25) is 9.78 Å². The maximum Gasteiger partial charge on any atom is 0.573 e. The number of nitrogens with one attached hydrogen (secondary N) is 1. The third-order valence-corrected chi connectivity index (χ3v) is 3.90. The summed E-state index contributed by atoms with van der Waals surface area (Å²) in [6.07, 6.45) is 0.953. The predicted molar refractivity (Wildman–Crippen MR) is 93.7 cm³/mol. The fraction of sp³-hybridized carbons (Fsp3) is 0.188. The molecule has 3 aromatic rings. The van der Waals surface area contributed by atoms with Crippen molar-refractivity contribution in [2.24, 2.45) is 0 Å². The number of carbonyl (C=O) groups is 1. The second-order valence-electron chi connectivity index (χ2n) is 5.50. The average Bonchev–Trinajstić information content (AvgIpc) is 3.14. The molecule has 0 bridgehead atoms. The molecular weight excluding hydrogens is 445 g/mol. The molecule has 1 N–H and O–H groups in total. The molecule has 0 aliphatic carbocycles. The van der Waals surface area contributed by atoms with Crippen molar-refractivity contribution in [2.75, 3.05) is 0 Å². The van der Waals surface area contributed by atoms with Gasteiger partial charge in [-0.2, -0.15) is 10.2 Å². The summed E-state index contributed by atoms with van der Waals surface area (Å²) >= 11 is 3.07. The second-order valence-corrected chi connectivity index (χ2v) is 6.42. The summed E-state index contributed by atoms with van der Waals surface area (Å²) in [6.45, 7) is 1.65. The van der Waals surface area contributed by atoms with Gasteiger partial charge in [-0.25, -0.2) is 4.98 Å². The summed E-state index contributed by atoms with van der Waals surface area (Å²) in [5.74, 6) is -0.818. The number of nitrogens with zero attached hydrogens (tertiary/aromatic N) is 5. The van der Waals surface area contributed by atoms with E-state index in [0.29, 0.717) is 11.5 Å². The summed E-state index contributed by atoms with van der Waals surface area (Å²) in [5.41, 5.74) is 0.358. The smallest absolute Gasteiger partial charge is 0.406 e. The SMILES string of the molecule is CC(NC(=O)c1cc(Br)cc(OC(F)(F)F)c1)c1nccnc1-n1nccn1. The maximum absolute atomic E-state index is 12.5. The molecular formula is C16H12BrF3N6O2. The molecule has 0 saturated carbocycles. The number of alkyl halides is 3. The first kappa shape index (κ1) is 19.7. The Bertz CT molecular complexity index is 981. The van der Waals surface area contributed by atoms with E-state index in [1.54, 1.807) is 6.92 Å². The van der Waals surface area contributed by atoms with Crippen molar-refractivity contribution in [2.45, 2.75) is 19.3 Å². The van der Waals surface area contributed by atoms with Crippen LogP contribution in [0.25, 0.3) is 5.82 Å². The zero-order valence-corrected chi connectivity index (χ0v) is 15.8. The standard InChI is InChI=1S/C16H12BrF3N6O2/c1-9(13-14(22-3-2-21-13)26-23-4-5-24-26)25-15(27)10-6-11(17)8-12(7-10)28-16(18,19)20/h2-9H,1H3,(H,25,27). The first-order valence-electron chi connectivity index (χ1n) is 7.78. The lowest BCUT2D eigenvalue weighted by Crippen LogP contribution is -2.28. The number of hydrogen-bond acceptors (Lipinski definition) is 6. The number of aromatic nitrogens is 5. The van der Waals surface area contributed by atoms with E-state index in [1.807, 2.05) is 0 Å². The Morgan fingerprint density at radius 2 is 1.82 bits per heavy atom. The molecule has 3 rings (SSSR count). The number of rotatable bonds is 5. The van der Waals surface area contributed by atoms with Crippen molar-refractivity contribution in [1.29, 1.82) is 0 Å². The molecule has 0 saturated heterocycles. The van der Waals surface area contributed by atoms with Crippen LogP contribution >= 0.6 is 15.9 Å². The van der Waals surface area contributed by atoms with E-state index in [2.05, 4.69) is 46.1 Å². The largest absolute Gasteiger partial charge is 0.573 e. The van der Waals surface area contributed by atoms with Gasteiger partial charge in [0.05, 0.1) is 18.4 Å². The van der Waals surface area contributed by atoms with Crippen LogP contribution in [0.5, 0.6) is 5.75 Å². The van der Waals surface area contributed by atoms with Crippen molar-refractivity contribution in [1.82, 2.24) is 30.3 Å². The van der Waals surface area contributed by atoms with E-state index in [4.69, 9.17) is 0 Å². The molecule has 0 fully saturated rings. The maximum atomic E-state index is 12.5. The van der Waals surface area contributed by atoms with E-state index in [0.717, 1.165) is 12.1 Å². The van der Waals surface area contributed by atoms with Gasteiger partial charge in [0.2, 0.25) is 0 Å². The van der Waals surface area contributed by atoms with Crippen LogP contribution in [0, 0.1) is 0 Å². The second kappa shape index (κ2) is 7.92. The van der Waals surface area contributed by atoms with Gasteiger partial charge in [0, 0.05) is 22.4 Å². The molecule has 1 aromatic carbocycles. The molecule has 1 amide bonds. The molecule has 2 heterocycles. The van der Waals surface area contributed by atoms with E-state index in [1.165, 1.54) is 35.7 Å². The van der Waals surface area contributed by atoms with Crippen molar-refractivity contribution < 1.29 is 22.7 Å². The molecule has 0 aliphatic rings. The molecule has 1 unspecified atom stereocenters. The summed E-state index contributed by atoms with van der Waals surface area (Å²) in [4.78, 5) is 22.2. The Hall–Kier alpha value is -3.02. The van der Waals surface area contributed by atoms with Gasteiger partial charge in [0.1, 0.15) is 11.4 Å². The van der Waals surface area contributed by atoms with Crippen LogP contribution < -0.4 is 10.1 Å². The minimum absolute atomic E-state index is 0.0249. The van der Waals surface area contributed by atoms with Crippen LogP contribution in [0.4, 0.5) is 13.2 Å². The number of amides is 1. The summed E-state index contributed by atoms with van der Waals surface area (Å²) in [6, 6.07) is 2.84. The van der Waals surface area contributed by atoms with Gasteiger partial charge < -0.3 is 10.1 Å². The third-order valence-electron chi connectivity index (χ3n) is 3.44. The van der Waals surface area contributed by atoms with Crippen LogP contribution in [-0.4, -0.2) is 37.2 Å². The van der Waals surface area contributed by atoms with Crippen molar-refractivity contribution in [3.8, 4) is 11.6 Å². The topological polar surface area (TPSA) is 94.8 Å².